The molecule has 16 heavy (non-hydrogen) atoms. The van der Waals surface area contributed by atoms with Crippen molar-refractivity contribution in [3.8, 4) is 0 Å². The van der Waals surface area contributed by atoms with E-state index in [1.807, 2.05) is 4.68 Å². The summed E-state index contributed by atoms with van der Waals surface area (Å²) in [6.07, 6.45) is 3.70. The number of nitrogens with two attached hydrogens (primary N) is 1. The minimum atomic E-state index is 0.372. The van der Waals surface area contributed by atoms with Crippen molar-refractivity contribution in [2.75, 3.05) is 0 Å². The van der Waals surface area contributed by atoms with Crippen LogP contribution < -0.4 is 5.73 Å². The number of rotatable bonds is 4. The van der Waals surface area contributed by atoms with Gasteiger partial charge in [0.15, 0.2) is 0 Å². The molecule has 1 aliphatic carbocycles. The molecular formula is C11H18N4S. The van der Waals surface area contributed by atoms with Gasteiger partial charge < -0.3 is 5.73 Å². The van der Waals surface area contributed by atoms with Gasteiger partial charge in [-0.15, -0.1) is 5.10 Å². The summed E-state index contributed by atoms with van der Waals surface area (Å²) >= 11 is 5.03. The second-order valence-electron chi connectivity index (χ2n) is 4.89. The van der Waals surface area contributed by atoms with Crippen LogP contribution >= 0.6 is 12.2 Å². The van der Waals surface area contributed by atoms with E-state index in [0.29, 0.717) is 16.8 Å². The number of aromatic nitrogens is 3. The smallest absolute Gasteiger partial charge is 0.143 e. The molecule has 1 fully saturated rings. The predicted molar refractivity (Wildman–Crippen MR) is 67.3 cm³/mol. The summed E-state index contributed by atoms with van der Waals surface area (Å²) in [6, 6.07) is 0. The van der Waals surface area contributed by atoms with Crippen LogP contribution in [0.15, 0.2) is 0 Å². The van der Waals surface area contributed by atoms with E-state index in [1.54, 1.807) is 0 Å². The number of hydrogen-bond acceptors (Lipinski definition) is 3. The zero-order valence-corrected chi connectivity index (χ0v) is 10.6. The first-order valence-corrected chi connectivity index (χ1v) is 6.23. The Morgan fingerprint density at radius 2 is 2.25 bits per heavy atom. The number of hydrogen-bond donors (Lipinski definition) is 1. The Bertz CT molecular complexity index is 393. The molecule has 1 aromatic heterocycles. The predicted octanol–water partition coefficient (Wildman–Crippen LogP) is 1.84. The van der Waals surface area contributed by atoms with Gasteiger partial charge in [-0.3, -0.25) is 0 Å². The fraction of sp³-hybridized carbons (Fsp3) is 0.727. The quantitative estimate of drug-likeness (QED) is 0.813. The molecule has 2 rings (SSSR count). The lowest BCUT2D eigenvalue weighted by atomic mass is 9.82. The molecule has 0 radical (unpaired) electrons. The summed E-state index contributed by atoms with van der Waals surface area (Å²) in [7, 11) is 0. The van der Waals surface area contributed by atoms with Gasteiger partial charge in [0.05, 0.1) is 5.69 Å². The zero-order chi connectivity index (χ0) is 11.7. The standard InChI is InChI=1S/C11H18N4S/c1-7(2)6-15-10(8-4-3-5-8)9(11(12)16)13-14-15/h7-8H,3-6H2,1-2H3,(H2,12,16). The lowest BCUT2D eigenvalue weighted by Crippen LogP contribution is -2.21. The molecule has 0 atom stereocenters. The minimum absolute atomic E-state index is 0.372. The van der Waals surface area contributed by atoms with Crippen LogP contribution in [0.4, 0.5) is 0 Å². The Kier molecular flexibility index (Phi) is 3.23. The van der Waals surface area contributed by atoms with Crippen molar-refractivity contribution >= 4 is 17.2 Å². The second kappa shape index (κ2) is 4.49. The molecule has 0 unspecified atom stereocenters. The molecule has 88 valence electrons. The number of thiocarbonyl (C=S) groups is 1. The van der Waals surface area contributed by atoms with Gasteiger partial charge in [0.2, 0.25) is 0 Å². The third kappa shape index (κ3) is 2.09. The molecule has 0 bridgehead atoms. The molecule has 1 aromatic rings. The van der Waals surface area contributed by atoms with E-state index in [9.17, 15) is 0 Å². The lowest BCUT2D eigenvalue weighted by molar-refractivity contribution is 0.370. The van der Waals surface area contributed by atoms with Gasteiger partial charge in [-0.25, -0.2) is 4.68 Å². The molecule has 1 aliphatic rings. The molecular weight excluding hydrogens is 220 g/mol. The van der Waals surface area contributed by atoms with Crippen molar-refractivity contribution in [3.63, 3.8) is 0 Å². The average molecular weight is 238 g/mol. The summed E-state index contributed by atoms with van der Waals surface area (Å²) in [5.41, 5.74) is 7.59. The van der Waals surface area contributed by atoms with Crippen molar-refractivity contribution in [1.82, 2.24) is 15.0 Å². The van der Waals surface area contributed by atoms with E-state index in [1.165, 1.54) is 19.3 Å². The van der Waals surface area contributed by atoms with Crippen molar-refractivity contribution in [1.29, 1.82) is 0 Å². The van der Waals surface area contributed by atoms with Crippen molar-refractivity contribution in [2.45, 2.75) is 45.6 Å². The van der Waals surface area contributed by atoms with E-state index in [-0.39, 0.29) is 0 Å². The SMILES string of the molecule is CC(C)Cn1nnc(C(N)=S)c1C1CCC1. The Balaban J connectivity index is 2.33. The van der Waals surface area contributed by atoms with E-state index in [0.717, 1.165) is 17.9 Å². The van der Waals surface area contributed by atoms with E-state index in [2.05, 4.69) is 24.2 Å². The second-order valence-corrected chi connectivity index (χ2v) is 5.33. The molecule has 0 saturated heterocycles. The zero-order valence-electron chi connectivity index (χ0n) is 9.81. The van der Waals surface area contributed by atoms with Crippen LogP contribution in [0.5, 0.6) is 0 Å². The first-order chi connectivity index (χ1) is 7.59. The van der Waals surface area contributed by atoms with Gasteiger partial charge >= 0.3 is 0 Å². The van der Waals surface area contributed by atoms with Crippen LogP contribution in [0, 0.1) is 5.92 Å². The van der Waals surface area contributed by atoms with Gasteiger partial charge in [0, 0.05) is 12.5 Å². The summed E-state index contributed by atoms with van der Waals surface area (Å²) < 4.78 is 1.99. The van der Waals surface area contributed by atoms with E-state index in [4.69, 9.17) is 18.0 Å². The molecule has 0 amide bonds. The fourth-order valence-electron chi connectivity index (χ4n) is 2.06. The Hall–Kier alpha value is -0.970. The maximum absolute atomic E-state index is 5.69. The maximum Gasteiger partial charge on any atom is 0.143 e. The highest BCUT2D eigenvalue weighted by Crippen LogP contribution is 2.37. The van der Waals surface area contributed by atoms with Crippen LogP contribution in [0.1, 0.15) is 50.4 Å². The molecule has 4 nitrogen and oxygen atoms in total. The summed E-state index contributed by atoms with van der Waals surface area (Å²) in [6.45, 7) is 5.24. The third-order valence-electron chi connectivity index (χ3n) is 3.04. The number of nitrogens with zero attached hydrogens (tertiary/aromatic N) is 3. The Morgan fingerprint density at radius 3 is 2.69 bits per heavy atom. The normalized spacial score (nSPS) is 16.4. The fourth-order valence-corrected chi connectivity index (χ4v) is 2.21. The highest BCUT2D eigenvalue weighted by molar-refractivity contribution is 7.80. The molecule has 5 heteroatoms. The summed E-state index contributed by atoms with van der Waals surface area (Å²) in [5, 5.41) is 8.30. The first-order valence-electron chi connectivity index (χ1n) is 5.82. The van der Waals surface area contributed by atoms with Crippen LogP contribution in [0.25, 0.3) is 0 Å². The van der Waals surface area contributed by atoms with Crippen molar-refractivity contribution in [3.05, 3.63) is 11.4 Å². The summed E-state index contributed by atoms with van der Waals surface area (Å²) in [4.78, 5) is 0.372. The van der Waals surface area contributed by atoms with Crippen molar-refractivity contribution < 1.29 is 0 Å². The van der Waals surface area contributed by atoms with Crippen LogP contribution in [-0.4, -0.2) is 20.0 Å². The Morgan fingerprint density at radius 1 is 1.56 bits per heavy atom. The van der Waals surface area contributed by atoms with Crippen LogP contribution in [0.2, 0.25) is 0 Å². The lowest BCUT2D eigenvalue weighted by Gasteiger charge is -2.26. The van der Waals surface area contributed by atoms with Crippen molar-refractivity contribution in [2.24, 2.45) is 11.7 Å². The van der Waals surface area contributed by atoms with Gasteiger partial charge in [-0.1, -0.05) is 37.7 Å². The van der Waals surface area contributed by atoms with Gasteiger partial charge in [0.25, 0.3) is 0 Å². The third-order valence-corrected chi connectivity index (χ3v) is 3.23. The van der Waals surface area contributed by atoms with Gasteiger partial charge in [0.1, 0.15) is 10.7 Å². The Labute approximate surface area is 101 Å². The molecule has 0 spiro atoms. The van der Waals surface area contributed by atoms with E-state index >= 15 is 0 Å². The monoisotopic (exact) mass is 238 g/mol. The molecule has 2 N–H and O–H groups in total. The molecule has 1 saturated carbocycles. The van der Waals surface area contributed by atoms with Crippen LogP contribution in [-0.2, 0) is 6.54 Å². The highest BCUT2D eigenvalue weighted by atomic mass is 32.1. The molecule has 0 aromatic carbocycles. The van der Waals surface area contributed by atoms with Crippen LogP contribution in [0.3, 0.4) is 0 Å². The highest BCUT2D eigenvalue weighted by Gasteiger charge is 2.28. The summed E-state index contributed by atoms with van der Waals surface area (Å²) in [5.74, 6) is 1.12. The van der Waals surface area contributed by atoms with Gasteiger partial charge in [-0.05, 0) is 18.8 Å². The maximum atomic E-state index is 5.69. The van der Waals surface area contributed by atoms with E-state index < -0.39 is 0 Å². The largest absolute Gasteiger partial charge is 0.388 e. The van der Waals surface area contributed by atoms with Gasteiger partial charge in [-0.2, -0.15) is 0 Å². The topological polar surface area (TPSA) is 56.7 Å². The molecule has 1 heterocycles. The average Bonchev–Trinajstić information content (AvgIpc) is 2.45. The molecule has 0 aliphatic heterocycles. The minimum Gasteiger partial charge on any atom is -0.388 e. The first kappa shape index (κ1) is 11.5.